The van der Waals surface area contributed by atoms with Crippen LogP contribution in [0.2, 0.25) is 0 Å². The molecular weight excluding hydrogens is 210 g/mol. The first kappa shape index (κ1) is 10.6. The highest BCUT2D eigenvalue weighted by atomic mass is 32.2. The smallest absolute Gasteiger partial charge is 0.197 e. The minimum absolute atomic E-state index is 0.265. The fourth-order valence-corrected chi connectivity index (χ4v) is 2.36. The standard InChI is InChI=1S/C9H17N5S/c10-8(12-7-1-2-7)13-9(11)14-3-5-15-6-4-14/h7H,1-6H2,(H4,10,11,12,13). The van der Waals surface area contributed by atoms with E-state index in [0.717, 1.165) is 37.4 Å². The third-order valence-corrected chi connectivity index (χ3v) is 3.44. The number of thioether (sulfide) groups is 1. The van der Waals surface area contributed by atoms with E-state index in [2.05, 4.69) is 10.6 Å². The first-order valence-corrected chi connectivity index (χ1v) is 6.44. The molecule has 1 saturated carbocycles. The van der Waals surface area contributed by atoms with Crippen molar-refractivity contribution in [2.24, 2.45) is 0 Å². The molecule has 0 unspecified atom stereocenters. The summed E-state index contributed by atoms with van der Waals surface area (Å²) in [6, 6.07) is 0.467. The van der Waals surface area contributed by atoms with E-state index in [9.17, 15) is 0 Å². The van der Waals surface area contributed by atoms with Crippen LogP contribution in [0, 0.1) is 10.8 Å². The van der Waals surface area contributed by atoms with Gasteiger partial charge in [-0.1, -0.05) is 0 Å². The molecular formula is C9H17N5S. The van der Waals surface area contributed by atoms with Gasteiger partial charge in [-0.3, -0.25) is 16.1 Å². The second kappa shape index (κ2) is 4.74. The Labute approximate surface area is 94.0 Å². The van der Waals surface area contributed by atoms with Crippen LogP contribution in [0.15, 0.2) is 0 Å². The summed E-state index contributed by atoms with van der Waals surface area (Å²) < 4.78 is 0. The molecule has 4 N–H and O–H groups in total. The number of guanidine groups is 2. The highest BCUT2D eigenvalue weighted by Gasteiger charge is 2.22. The predicted octanol–water partition coefficient (Wildman–Crippen LogP) is 0.246. The van der Waals surface area contributed by atoms with Crippen molar-refractivity contribution in [3.63, 3.8) is 0 Å². The van der Waals surface area contributed by atoms with Crippen LogP contribution in [0.5, 0.6) is 0 Å². The second-order valence-corrected chi connectivity index (χ2v) is 5.09. The number of rotatable bonds is 1. The largest absolute Gasteiger partial charge is 0.353 e. The van der Waals surface area contributed by atoms with Crippen LogP contribution in [0.1, 0.15) is 12.8 Å². The first-order valence-electron chi connectivity index (χ1n) is 5.29. The van der Waals surface area contributed by atoms with E-state index < -0.39 is 0 Å². The van der Waals surface area contributed by atoms with Crippen molar-refractivity contribution >= 4 is 23.7 Å². The molecule has 2 aliphatic rings. The van der Waals surface area contributed by atoms with Crippen molar-refractivity contribution in [3.05, 3.63) is 0 Å². The molecule has 0 amide bonds. The minimum atomic E-state index is 0.265. The van der Waals surface area contributed by atoms with Crippen molar-refractivity contribution in [3.8, 4) is 0 Å². The summed E-state index contributed by atoms with van der Waals surface area (Å²) in [5.74, 6) is 2.77. The lowest BCUT2D eigenvalue weighted by Gasteiger charge is -2.28. The molecule has 0 aromatic rings. The maximum atomic E-state index is 7.80. The van der Waals surface area contributed by atoms with Crippen LogP contribution in [-0.2, 0) is 0 Å². The normalized spacial score (nSPS) is 20.9. The van der Waals surface area contributed by atoms with E-state index in [-0.39, 0.29) is 5.96 Å². The molecule has 5 nitrogen and oxygen atoms in total. The van der Waals surface area contributed by atoms with Crippen LogP contribution in [0.3, 0.4) is 0 Å². The van der Waals surface area contributed by atoms with Gasteiger partial charge in [0.15, 0.2) is 11.9 Å². The zero-order valence-electron chi connectivity index (χ0n) is 8.68. The molecule has 2 rings (SSSR count). The van der Waals surface area contributed by atoms with Gasteiger partial charge >= 0.3 is 0 Å². The van der Waals surface area contributed by atoms with Gasteiger partial charge in [0.05, 0.1) is 0 Å². The van der Waals surface area contributed by atoms with Gasteiger partial charge in [0.1, 0.15) is 0 Å². The Morgan fingerprint density at radius 2 is 1.87 bits per heavy atom. The summed E-state index contributed by atoms with van der Waals surface area (Å²) in [5.41, 5.74) is 0. The van der Waals surface area contributed by atoms with E-state index in [1.165, 1.54) is 0 Å². The van der Waals surface area contributed by atoms with Crippen molar-refractivity contribution in [1.29, 1.82) is 10.8 Å². The highest BCUT2D eigenvalue weighted by Crippen LogP contribution is 2.18. The summed E-state index contributed by atoms with van der Waals surface area (Å²) in [4.78, 5) is 1.99. The average Bonchev–Trinajstić information content (AvgIpc) is 3.03. The zero-order chi connectivity index (χ0) is 10.7. The van der Waals surface area contributed by atoms with Crippen molar-refractivity contribution in [2.75, 3.05) is 24.6 Å². The summed E-state index contributed by atoms with van der Waals surface area (Å²) in [5, 5.41) is 21.2. The Kier molecular flexibility index (Phi) is 3.35. The Balaban J connectivity index is 1.71. The van der Waals surface area contributed by atoms with Crippen LogP contribution >= 0.6 is 11.8 Å². The van der Waals surface area contributed by atoms with Gasteiger partial charge < -0.3 is 10.2 Å². The van der Waals surface area contributed by atoms with Gasteiger partial charge in [-0.15, -0.1) is 0 Å². The fourth-order valence-electron chi connectivity index (χ4n) is 1.45. The molecule has 0 radical (unpaired) electrons. The van der Waals surface area contributed by atoms with Crippen LogP contribution < -0.4 is 10.6 Å². The number of nitrogens with one attached hydrogen (secondary N) is 4. The quantitative estimate of drug-likeness (QED) is 0.382. The van der Waals surface area contributed by atoms with E-state index in [4.69, 9.17) is 10.8 Å². The van der Waals surface area contributed by atoms with Crippen LogP contribution in [0.4, 0.5) is 0 Å². The predicted molar refractivity (Wildman–Crippen MR) is 63.6 cm³/mol. The Morgan fingerprint density at radius 1 is 1.20 bits per heavy atom. The molecule has 0 aromatic heterocycles. The van der Waals surface area contributed by atoms with Crippen molar-refractivity contribution in [1.82, 2.24) is 15.5 Å². The fraction of sp³-hybridized carbons (Fsp3) is 0.778. The molecule has 2 fully saturated rings. The molecule has 0 bridgehead atoms. The molecule has 1 aliphatic carbocycles. The van der Waals surface area contributed by atoms with Crippen LogP contribution in [-0.4, -0.2) is 47.5 Å². The van der Waals surface area contributed by atoms with Gasteiger partial charge in [0.2, 0.25) is 0 Å². The lowest BCUT2D eigenvalue weighted by atomic mass is 10.5. The molecule has 6 heteroatoms. The zero-order valence-corrected chi connectivity index (χ0v) is 9.49. The summed E-state index contributed by atoms with van der Waals surface area (Å²) >= 11 is 1.92. The van der Waals surface area contributed by atoms with E-state index in [0.29, 0.717) is 12.0 Å². The molecule has 0 spiro atoms. The summed E-state index contributed by atoms with van der Waals surface area (Å²) in [7, 11) is 0. The van der Waals surface area contributed by atoms with E-state index in [1.807, 2.05) is 16.7 Å². The first-order chi connectivity index (χ1) is 7.25. The van der Waals surface area contributed by atoms with Crippen molar-refractivity contribution in [2.45, 2.75) is 18.9 Å². The SMILES string of the molecule is N=C(NC(=N)N1CCSCC1)NC1CC1. The average molecular weight is 227 g/mol. The number of hydrogen-bond donors (Lipinski definition) is 4. The van der Waals surface area contributed by atoms with E-state index in [1.54, 1.807) is 0 Å². The van der Waals surface area contributed by atoms with Crippen LogP contribution in [0.25, 0.3) is 0 Å². The molecule has 15 heavy (non-hydrogen) atoms. The molecule has 0 atom stereocenters. The minimum Gasteiger partial charge on any atom is -0.353 e. The third kappa shape index (κ3) is 3.30. The molecule has 1 heterocycles. The Hall–Kier alpha value is -0.910. The monoisotopic (exact) mass is 227 g/mol. The van der Waals surface area contributed by atoms with Gasteiger partial charge in [-0.25, -0.2) is 0 Å². The molecule has 1 aliphatic heterocycles. The third-order valence-electron chi connectivity index (χ3n) is 2.50. The van der Waals surface area contributed by atoms with Gasteiger partial charge in [-0.2, -0.15) is 11.8 Å². The summed E-state index contributed by atoms with van der Waals surface area (Å²) in [6.45, 7) is 1.82. The molecule has 1 saturated heterocycles. The van der Waals surface area contributed by atoms with E-state index >= 15 is 0 Å². The maximum Gasteiger partial charge on any atom is 0.197 e. The number of nitrogens with zero attached hydrogens (tertiary/aromatic N) is 1. The Bertz CT molecular complexity index is 257. The lowest BCUT2D eigenvalue weighted by molar-refractivity contribution is 0.448. The topological polar surface area (TPSA) is 75.0 Å². The molecule has 84 valence electrons. The number of hydrogen-bond acceptors (Lipinski definition) is 3. The van der Waals surface area contributed by atoms with Crippen molar-refractivity contribution < 1.29 is 0 Å². The maximum absolute atomic E-state index is 7.80. The second-order valence-electron chi connectivity index (χ2n) is 3.87. The summed E-state index contributed by atoms with van der Waals surface area (Å²) in [6.07, 6.45) is 2.30. The van der Waals surface area contributed by atoms with Gasteiger partial charge in [0, 0.05) is 30.6 Å². The molecule has 0 aromatic carbocycles. The lowest BCUT2D eigenvalue weighted by Crippen LogP contribution is -2.50. The van der Waals surface area contributed by atoms with Gasteiger partial charge in [-0.05, 0) is 12.8 Å². The highest BCUT2D eigenvalue weighted by molar-refractivity contribution is 7.99. The Morgan fingerprint density at radius 3 is 2.47 bits per heavy atom. The van der Waals surface area contributed by atoms with Gasteiger partial charge in [0.25, 0.3) is 0 Å².